The number of nitrogens with zero attached hydrogens (tertiary/aromatic N) is 2. The number of aryl methyl sites for hydroxylation is 1. The molecule has 0 saturated heterocycles. The lowest BCUT2D eigenvalue weighted by molar-refractivity contribution is 0.560. The van der Waals surface area contributed by atoms with Gasteiger partial charge in [-0.1, -0.05) is 13.8 Å². The summed E-state index contributed by atoms with van der Waals surface area (Å²) in [7, 11) is 0. The van der Waals surface area contributed by atoms with Crippen LogP contribution < -0.4 is 5.32 Å². The standard InChI is InChI=1S/C14H23N3/c1-5-8-15-10(2)12-9-16-13(17-11(12)3)14(4)6-7-14/h9-10,15H,5-8H2,1-4H3. The van der Waals surface area contributed by atoms with E-state index in [-0.39, 0.29) is 5.41 Å². The van der Waals surface area contributed by atoms with Gasteiger partial charge in [0.15, 0.2) is 0 Å². The zero-order valence-electron chi connectivity index (χ0n) is 11.4. The third kappa shape index (κ3) is 2.65. The zero-order valence-corrected chi connectivity index (χ0v) is 11.4. The van der Waals surface area contributed by atoms with Crippen molar-refractivity contribution < 1.29 is 0 Å². The van der Waals surface area contributed by atoms with Gasteiger partial charge in [0.05, 0.1) is 0 Å². The maximum Gasteiger partial charge on any atom is 0.134 e. The summed E-state index contributed by atoms with van der Waals surface area (Å²) in [4.78, 5) is 9.24. The van der Waals surface area contributed by atoms with Crippen molar-refractivity contribution in [3.8, 4) is 0 Å². The molecule has 3 nitrogen and oxygen atoms in total. The summed E-state index contributed by atoms with van der Waals surface area (Å²) in [6.45, 7) is 9.75. The second-order valence-corrected chi connectivity index (χ2v) is 5.47. The maximum atomic E-state index is 4.68. The molecule has 1 aromatic heterocycles. The van der Waals surface area contributed by atoms with Crippen LogP contribution in [0.1, 0.15) is 63.2 Å². The summed E-state index contributed by atoms with van der Waals surface area (Å²) in [5.41, 5.74) is 2.62. The molecule has 1 N–H and O–H groups in total. The lowest BCUT2D eigenvalue weighted by atomic mass is 10.1. The van der Waals surface area contributed by atoms with Crippen LogP contribution in [0.25, 0.3) is 0 Å². The third-order valence-corrected chi connectivity index (χ3v) is 3.72. The van der Waals surface area contributed by atoms with Crippen LogP contribution in [0.3, 0.4) is 0 Å². The summed E-state index contributed by atoms with van der Waals surface area (Å²) in [5.74, 6) is 1.03. The van der Waals surface area contributed by atoms with Crippen molar-refractivity contribution in [2.24, 2.45) is 0 Å². The van der Waals surface area contributed by atoms with Gasteiger partial charge in [-0.05, 0) is 39.7 Å². The van der Waals surface area contributed by atoms with E-state index in [0.717, 1.165) is 24.5 Å². The smallest absolute Gasteiger partial charge is 0.134 e. The van der Waals surface area contributed by atoms with Gasteiger partial charge < -0.3 is 5.32 Å². The van der Waals surface area contributed by atoms with Gasteiger partial charge in [0, 0.05) is 28.9 Å². The number of aromatic nitrogens is 2. The van der Waals surface area contributed by atoms with Gasteiger partial charge in [-0.25, -0.2) is 9.97 Å². The van der Waals surface area contributed by atoms with Crippen molar-refractivity contribution in [3.05, 3.63) is 23.3 Å². The lowest BCUT2D eigenvalue weighted by Crippen LogP contribution is -2.21. The topological polar surface area (TPSA) is 37.8 Å². The summed E-state index contributed by atoms with van der Waals surface area (Å²) >= 11 is 0. The summed E-state index contributed by atoms with van der Waals surface area (Å²) in [5, 5.41) is 3.48. The molecule has 2 rings (SSSR count). The third-order valence-electron chi connectivity index (χ3n) is 3.72. The van der Waals surface area contributed by atoms with Crippen molar-refractivity contribution in [1.29, 1.82) is 0 Å². The minimum Gasteiger partial charge on any atom is -0.310 e. The molecule has 1 atom stereocenters. The van der Waals surface area contributed by atoms with E-state index >= 15 is 0 Å². The Hall–Kier alpha value is -0.960. The second kappa shape index (κ2) is 4.73. The average molecular weight is 233 g/mol. The highest BCUT2D eigenvalue weighted by atomic mass is 14.9. The van der Waals surface area contributed by atoms with Crippen molar-refractivity contribution in [2.45, 2.75) is 58.4 Å². The molecule has 1 aliphatic rings. The van der Waals surface area contributed by atoms with Crippen LogP contribution in [0.2, 0.25) is 0 Å². The number of nitrogens with one attached hydrogen (secondary N) is 1. The van der Waals surface area contributed by atoms with E-state index in [2.05, 4.69) is 43.0 Å². The van der Waals surface area contributed by atoms with Gasteiger partial charge in [-0.2, -0.15) is 0 Å². The Kier molecular flexibility index (Phi) is 3.48. The van der Waals surface area contributed by atoms with Crippen LogP contribution in [0.15, 0.2) is 6.20 Å². The number of rotatable bonds is 5. The molecule has 94 valence electrons. The van der Waals surface area contributed by atoms with Crippen LogP contribution in [-0.2, 0) is 5.41 Å². The molecule has 1 unspecified atom stereocenters. The average Bonchev–Trinajstić information content (AvgIpc) is 3.05. The van der Waals surface area contributed by atoms with E-state index in [1.165, 1.54) is 18.4 Å². The first-order chi connectivity index (χ1) is 8.07. The van der Waals surface area contributed by atoms with Crippen LogP contribution >= 0.6 is 0 Å². The van der Waals surface area contributed by atoms with Gasteiger partial charge in [0.1, 0.15) is 5.82 Å². The van der Waals surface area contributed by atoms with Crippen molar-refractivity contribution in [1.82, 2.24) is 15.3 Å². The molecule has 0 amide bonds. The summed E-state index contributed by atoms with van der Waals surface area (Å²) < 4.78 is 0. The number of hydrogen-bond donors (Lipinski definition) is 1. The highest BCUT2D eigenvalue weighted by molar-refractivity contribution is 5.24. The molecule has 1 saturated carbocycles. The normalized spacial score (nSPS) is 19.1. The fourth-order valence-corrected chi connectivity index (χ4v) is 2.07. The molecule has 1 heterocycles. The Morgan fingerprint density at radius 2 is 2.18 bits per heavy atom. The zero-order chi connectivity index (χ0) is 12.5. The molecule has 0 radical (unpaired) electrons. The largest absolute Gasteiger partial charge is 0.310 e. The molecule has 1 aromatic rings. The molecule has 0 bridgehead atoms. The van der Waals surface area contributed by atoms with Gasteiger partial charge in [-0.3, -0.25) is 0 Å². The Morgan fingerprint density at radius 3 is 2.71 bits per heavy atom. The van der Waals surface area contributed by atoms with Crippen molar-refractivity contribution in [3.63, 3.8) is 0 Å². The van der Waals surface area contributed by atoms with E-state index < -0.39 is 0 Å². The molecule has 0 aliphatic heterocycles. The molecule has 1 fully saturated rings. The summed E-state index contributed by atoms with van der Waals surface area (Å²) in [6.07, 6.45) is 5.62. The van der Waals surface area contributed by atoms with Crippen LogP contribution in [0, 0.1) is 6.92 Å². The molecule has 1 aliphatic carbocycles. The van der Waals surface area contributed by atoms with E-state index in [1.54, 1.807) is 0 Å². The Bertz CT molecular complexity index is 396. The molecule has 0 spiro atoms. The predicted octanol–water partition coefficient (Wildman–Crippen LogP) is 2.90. The van der Waals surface area contributed by atoms with Crippen molar-refractivity contribution >= 4 is 0 Å². The fraction of sp³-hybridized carbons (Fsp3) is 0.714. The fourth-order valence-electron chi connectivity index (χ4n) is 2.07. The molecular formula is C14H23N3. The van der Waals surface area contributed by atoms with Crippen LogP contribution in [0.4, 0.5) is 0 Å². The van der Waals surface area contributed by atoms with E-state index in [1.807, 2.05) is 6.20 Å². The monoisotopic (exact) mass is 233 g/mol. The lowest BCUT2D eigenvalue weighted by Gasteiger charge is -2.17. The van der Waals surface area contributed by atoms with Gasteiger partial charge in [0.25, 0.3) is 0 Å². The van der Waals surface area contributed by atoms with Gasteiger partial charge >= 0.3 is 0 Å². The quantitative estimate of drug-likeness (QED) is 0.849. The highest BCUT2D eigenvalue weighted by Crippen LogP contribution is 2.45. The highest BCUT2D eigenvalue weighted by Gasteiger charge is 2.42. The first-order valence-electron chi connectivity index (χ1n) is 6.64. The van der Waals surface area contributed by atoms with Gasteiger partial charge in [-0.15, -0.1) is 0 Å². The van der Waals surface area contributed by atoms with Crippen LogP contribution in [-0.4, -0.2) is 16.5 Å². The minimum atomic E-state index is 0.267. The second-order valence-electron chi connectivity index (χ2n) is 5.47. The SMILES string of the molecule is CCCNC(C)c1cnc(C2(C)CC2)nc1C. The Morgan fingerprint density at radius 1 is 1.47 bits per heavy atom. The maximum absolute atomic E-state index is 4.68. The molecule has 17 heavy (non-hydrogen) atoms. The van der Waals surface area contributed by atoms with Crippen molar-refractivity contribution in [2.75, 3.05) is 6.54 Å². The van der Waals surface area contributed by atoms with Crippen LogP contribution in [0.5, 0.6) is 0 Å². The first-order valence-corrected chi connectivity index (χ1v) is 6.64. The summed E-state index contributed by atoms with van der Waals surface area (Å²) in [6, 6.07) is 0.344. The number of hydrogen-bond acceptors (Lipinski definition) is 3. The van der Waals surface area contributed by atoms with E-state index in [0.29, 0.717) is 6.04 Å². The molecule has 0 aromatic carbocycles. The van der Waals surface area contributed by atoms with E-state index in [4.69, 9.17) is 0 Å². The first kappa shape index (κ1) is 12.5. The Labute approximate surface area is 104 Å². The minimum absolute atomic E-state index is 0.267. The Balaban J connectivity index is 2.14. The molecular weight excluding hydrogens is 210 g/mol. The predicted molar refractivity (Wildman–Crippen MR) is 70.1 cm³/mol. The van der Waals surface area contributed by atoms with E-state index in [9.17, 15) is 0 Å². The molecule has 3 heteroatoms. The van der Waals surface area contributed by atoms with Gasteiger partial charge in [0.2, 0.25) is 0 Å².